The zero-order chi connectivity index (χ0) is 17.2. The Bertz CT molecular complexity index is 829. The summed E-state index contributed by atoms with van der Waals surface area (Å²) in [7, 11) is -3.02. The second-order valence-corrected chi connectivity index (χ2v) is 7.84. The Morgan fingerprint density at radius 3 is 2.71 bits per heavy atom. The molecule has 1 saturated heterocycles. The van der Waals surface area contributed by atoms with Crippen LogP contribution >= 0.6 is 0 Å². The third-order valence-corrected chi connectivity index (χ3v) is 5.39. The summed E-state index contributed by atoms with van der Waals surface area (Å²) in [4.78, 5) is 16.2. The van der Waals surface area contributed by atoms with E-state index in [-0.39, 0.29) is 30.1 Å². The summed E-state index contributed by atoms with van der Waals surface area (Å²) < 4.78 is 33.2. The molecular weight excluding hydrogens is 334 g/mol. The van der Waals surface area contributed by atoms with E-state index in [0.717, 1.165) is 0 Å². The number of carbonyl (C=O) groups excluding carboxylic acids is 1. The largest absolute Gasteiger partial charge is 0.485 e. The monoisotopic (exact) mass is 351 g/mol. The van der Waals surface area contributed by atoms with Crippen molar-refractivity contribution in [2.24, 2.45) is 0 Å². The topological polar surface area (TPSA) is 111 Å². The fourth-order valence-corrected chi connectivity index (χ4v) is 4.10. The van der Waals surface area contributed by atoms with E-state index in [2.05, 4.69) is 15.5 Å². The van der Waals surface area contributed by atoms with Gasteiger partial charge in [-0.25, -0.2) is 8.42 Å². The van der Waals surface area contributed by atoms with Crippen molar-refractivity contribution >= 4 is 15.7 Å². The second-order valence-electron chi connectivity index (χ2n) is 5.62. The first kappa shape index (κ1) is 16.4. The molecule has 2 aromatic rings. The molecule has 8 nitrogen and oxygen atoms in total. The minimum absolute atomic E-state index is 0.00402. The number of carbonyl (C=O) groups is 1. The zero-order valence-electron chi connectivity index (χ0n) is 13.1. The van der Waals surface area contributed by atoms with Crippen LogP contribution in [0.3, 0.4) is 0 Å². The number of aryl methyl sites for hydroxylation is 1. The molecule has 24 heavy (non-hydrogen) atoms. The van der Waals surface area contributed by atoms with Gasteiger partial charge in [0.1, 0.15) is 5.75 Å². The normalized spacial score (nSPS) is 19.1. The molecule has 1 N–H and O–H groups in total. The highest BCUT2D eigenvalue weighted by Gasteiger charge is 2.29. The van der Waals surface area contributed by atoms with Crippen molar-refractivity contribution in [3.8, 4) is 5.75 Å². The molecule has 1 aromatic heterocycles. The molecule has 1 aromatic carbocycles. The third-order valence-electron chi connectivity index (χ3n) is 3.62. The van der Waals surface area contributed by atoms with E-state index in [1.54, 1.807) is 31.2 Å². The lowest BCUT2D eigenvalue weighted by Crippen LogP contribution is -2.35. The minimum atomic E-state index is -3.02. The molecule has 1 fully saturated rings. The number of benzene rings is 1. The summed E-state index contributed by atoms with van der Waals surface area (Å²) >= 11 is 0. The number of amides is 1. The van der Waals surface area contributed by atoms with Gasteiger partial charge in [0.2, 0.25) is 11.7 Å². The fourth-order valence-electron chi connectivity index (χ4n) is 2.43. The first-order chi connectivity index (χ1) is 11.4. The maximum atomic E-state index is 12.1. The highest BCUT2D eigenvalue weighted by molar-refractivity contribution is 7.91. The van der Waals surface area contributed by atoms with Crippen LogP contribution in [-0.2, 0) is 16.4 Å². The average Bonchev–Trinajstić information content (AvgIpc) is 3.11. The van der Waals surface area contributed by atoms with Gasteiger partial charge in [0.15, 0.2) is 16.4 Å². The number of ether oxygens (including phenoxy) is 1. The molecule has 2 heterocycles. The number of aromatic nitrogens is 2. The number of rotatable bonds is 5. The van der Waals surface area contributed by atoms with Crippen LogP contribution in [0.25, 0.3) is 0 Å². The van der Waals surface area contributed by atoms with Gasteiger partial charge in [-0.05, 0) is 30.7 Å². The quantitative estimate of drug-likeness (QED) is 0.851. The van der Waals surface area contributed by atoms with Crippen LogP contribution in [0.2, 0.25) is 0 Å². The van der Waals surface area contributed by atoms with E-state index in [1.165, 1.54) is 0 Å². The van der Waals surface area contributed by atoms with Crippen molar-refractivity contribution in [1.29, 1.82) is 0 Å². The highest BCUT2D eigenvalue weighted by atomic mass is 32.2. The average molecular weight is 351 g/mol. The molecule has 0 radical (unpaired) electrons. The van der Waals surface area contributed by atoms with Gasteiger partial charge in [-0.2, -0.15) is 4.98 Å². The smallest absolute Gasteiger partial charge is 0.251 e. The Hall–Kier alpha value is -2.42. The zero-order valence-corrected chi connectivity index (χ0v) is 13.9. The number of hydrogen-bond donors (Lipinski definition) is 1. The van der Waals surface area contributed by atoms with Gasteiger partial charge >= 0.3 is 0 Å². The van der Waals surface area contributed by atoms with Gasteiger partial charge < -0.3 is 14.6 Å². The van der Waals surface area contributed by atoms with Crippen molar-refractivity contribution in [2.75, 3.05) is 11.5 Å². The molecule has 1 atom stereocenters. The predicted octanol–water partition coefficient (Wildman–Crippen LogP) is 0.874. The SMILES string of the molecule is Cc1nc(COc2ccc(C(=O)N[C@H]3CCS(=O)(=O)C3)cc2)no1. The molecule has 1 aliphatic rings. The van der Waals surface area contributed by atoms with Gasteiger partial charge in [-0.15, -0.1) is 0 Å². The Morgan fingerprint density at radius 1 is 1.38 bits per heavy atom. The van der Waals surface area contributed by atoms with E-state index >= 15 is 0 Å². The molecule has 1 aliphatic heterocycles. The Labute approximate surface area is 139 Å². The molecule has 9 heteroatoms. The maximum Gasteiger partial charge on any atom is 0.251 e. The van der Waals surface area contributed by atoms with E-state index in [9.17, 15) is 13.2 Å². The van der Waals surface area contributed by atoms with Crippen molar-refractivity contribution in [3.63, 3.8) is 0 Å². The van der Waals surface area contributed by atoms with Crippen LogP contribution in [0.5, 0.6) is 5.75 Å². The highest BCUT2D eigenvalue weighted by Crippen LogP contribution is 2.15. The van der Waals surface area contributed by atoms with Gasteiger partial charge in [0, 0.05) is 18.5 Å². The van der Waals surface area contributed by atoms with Crippen LogP contribution in [0.15, 0.2) is 28.8 Å². The summed E-state index contributed by atoms with van der Waals surface area (Å²) in [5, 5.41) is 6.46. The lowest BCUT2D eigenvalue weighted by molar-refractivity contribution is 0.0941. The van der Waals surface area contributed by atoms with E-state index < -0.39 is 9.84 Å². The summed E-state index contributed by atoms with van der Waals surface area (Å²) in [6.45, 7) is 1.86. The molecule has 0 bridgehead atoms. The Morgan fingerprint density at radius 2 is 2.12 bits per heavy atom. The number of nitrogens with one attached hydrogen (secondary N) is 1. The number of hydrogen-bond acceptors (Lipinski definition) is 7. The molecule has 128 valence electrons. The minimum Gasteiger partial charge on any atom is -0.485 e. The van der Waals surface area contributed by atoms with Gasteiger partial charge in [-0.3, -0.25) is 4.79 Å². The lowest BCUT2D eigenvalue weighted by Gasteiger charge is -2.11. The standard InChI is InChI=1S/C15H17N3O5S/c1-10-16-14(18-23-10)8-22-13-4-2-11(3-5-13)15(19)17-12-6-7-24(20,21)9-12/h2-5,12H,6-9H2,1H3,(H,17,19)/t12-/m0/s1. The maximum absolute atomic E-state index is 12.1. The summed E-state index contributed by atoms with van der Waals surface area (Å²) in [6, 6.07) is 6.24. The van der Waals surface area contributed by atoms with E-state index in [4.69, 9.17) is 9.26 Å². The molecule has 0 saturated carbocycles. The Balaban J connectivity index is 1.54. The Kier molecular flexibility index (Phi) is 4.52. The van der Waals surface area contributed by atoms with Gasteiger partial charge in [0.05, 0.1) is 11.5 Å². The number of nitrogens with zero attached hydrogens (tertiary/aromatic N) is 2. The van der Waals surface area contributed by atoms with Crippen LogP contribution < -0.4 is 10.1 Å². The van der Waals surface area contributed by atoms with Crippen LogP contribution in [0.1, 0.15) is 28.5 Å². The third kappa shape index (κ3) is 4.10. The molecule has 0 unspecified atom stereocenters. The molecular formula is C15H17N3O5S. The molecule has 3 rings (SSSR count). The van der Waals surface area contributed by atoms with Gasteiger partial charge in [0.25, 0.3) is 5.91 Å². The molecule has 0 spiro atoms. The van der Waals surface area contributed by atoms with Gasteiger partial charge in [-0.1, -0.05) is 5.16 Å². The van der Waals surface area contributed by atoms with Crippen molar-refractivity contribution in [3.05, 3.63) is 41.5 Å². The second kappa shape index (κ2) is 6.60. The molecule has 1 amide bonds. The van der Waals surface area contributed by atoms with Crippen molar-refractivity contribution in [2.45, 2.75) is 26.0 Å². The summed E-state index contributed by atoms with van der Waals surface area (Å²) in [5.74, 6) is 1.31. The predicted molar refractivity (Wildman–Crippen MR) is 84.3 cm³/mol. The van der Waals surface area contributed by atoms with Crippen molar-refractivity contribution < 1.29 is 22.5 Å². The lowest BCUT2D eigenvalue weighted by atomic mass is 10.2. The fraction of sp³-hybridized carbons (Fsp3) is 0.400. The van der Waals surface area contributed by atoms with Crippen LogP contribution in [0.4, 0.5) is 0 Å². The first-order valence-corrected chi connectivity index (χ1v) is 9.27. The summed E-state index contributed by atoms with van der Waals surface area (Å²) in [5.41, 5.74) is 0.446. The number of sulfone groups is 1. The van der Waals surface area contributed by atoms with Crippen LogP contribution in [0, 0.1) is 6.92 Å². The summed E-state index contributed by atoms with van der Waals surface area (Å²) in [6.07, 6.45) is 0.458. The van der Waals surface area contributed by atoms with Crippen LogP contribution in [-0.4, -0.2) is 42.0 Å². The van der Waals surface area contributed by atoms with E-state index in [0.29, 0.717) is 29.4 Å². The first-order valence-electron chi connectivity index (χ1n) is 7.45. The molecule has 0 aliphatic carbocycles. The van der Waals surface area contributed by atoms with Crippen molar-refractivity contribution in [1.82, 2.24) is 15.5 Å². The van der Waals surface area contributed by atoms with E-state index in [1.807, 2.05) is 0 Å².